The molecule has 1 atom stereocenters. The first kappa shape index (κ1) is 19.0. The maximum absolute atomic E-state index is 11.5. The number of aliphatic hydroxyl groups excluding tert-OH is 1. The summed E-state index contributed by atoms with van der Waals surface area (Å²) in [5, 5.41) is 9.36. The zero-order chi connectivity index (χ0) is 16.0. The van der Waals surface area contributed by atoms with Crippen LogP contribution in [-0.2, 0) is 16.0 Å². The van der Waals surface area contributed by atoms with E-state index in [1.165, 1.54) is 5.56 Å². The lowest BCUT2D eigenvalue weighted by Crippen LogP contribution is -2.12. The van der Waals surface area contributed by atoms with Gasteiger partial charge in [0, 0.05) is 24.3 Å². The van der Waals surface area contributed by atoms with Gasteiger partial charge in [0.15, 0.2) is 0 Å². The zero-order valence-corrected chi connectivity index (χ0v) is 14.2. The topological polar surface area (TPSA) is 59.4 Å². The van der Waals surface area contributed by atoms with Crippen LogP contribution in [0.3, 0.4) is 0 Å². The average molecular weight is 325 g/mol. The van der Waals surface area contributed by atoms with Crippen LogP contribution in [0, 0.1) is 0 Å². The molecule has 4 nitrogen and oxygen atoms in total. The van der Waals surface area contributed by atoms with Crippen LogP contribution >= 0.6 is 11.8 Å². The molecule has 0 saturated heterocycles. The van der Waals surface area contributed by atoms with Crippen LogP contribution in [0.1, 0.15) is 44.6 Å². The van der Waals surface area contributed by atoms with E-state index in [2.05, 4.69) is 11.1 Å². The van der Waals surface area contributed by atoms with Gasteiger partial charge in [0.1, 0.15) is 0 Å². The van der Waals surface area contributed by atoms with Crippen LogP contribution in [-0.4, -0.2) is 40.3 Å². The van der Waals surface area contributed by atoms with Gasteiger partial charge < -0.3 is 9.84 Å². The lowest BCUT2D eigenvalue weighted by atomic mass is 10.1. The number of aromatic nitrogens is 1. The number of aryl methyl sites for hydroxylation is 1. The molecule has 1 unspecified atom stereocenters. The van der Waals surface area contributed by atoms with Crippen molar-refractivity contribution in [3.05, 3.63) is 30.1 Å². The number of carbonyl (C=O) groups excluding carboxylic acids is 1. The number of nitrogens with zero attached hydrogens (tertiary/aromatic N) is 1. The minimum atomic E-state index is -0.132. The average Bonchev–Trinajstić information content (AvgIpc) is 2.53. The minimum Gasteiger partial charge on any atom is -0.465 e. The van der Waals surface area contributed by atoms with Crippen LogP contribution < -0.4 is 0 Å². The third-order valence-corrected chi connectivity index (χ3v) is 4.74. The van der Waals surface area contributed by atoms with Crippen LogP contribution in [0.15, 0.2) is 24.5 Å². The molecule has 0 aliphatic rings. The summed E-state index contributed by atoms with van der Waals surface area (Å²) in [6.07, 6.45) is 9.75. The van der Waals surface area contributed by atoms with Gasteiger partial charge >= 0.3 is 5.97 Å². The van der Waals surface area contributed by atoms with E-state index in [0.29, 0.717) is 17.6 Å². The highest BCUT2D eigenvalue weighted by molar-refractivity contribution is 8.00. The van der Waals surface area contributed by atoms with E-state index < -0.39 is 0 Å². The summed E-state index contributed by atoms with van der Waals surface area (Å²) in [4.78, 5) is 15.6. The third-order valence-electron chi connectivity index (χ3n) is 3.39. The minimum absolute atomic E-state index is 0.132. The lowest BCUT2D eigenvalue weighted by molar-refractivity contribution is -0.139. The highest BCUT2D eigenvalue weighted by Crippen LogP contribution is 2.23. The Kier molecular flexibility index (Phi) is 10.8. The third kappa shape index (κ3) is 9.05. The van der Waals surface area contributed by atoms with Crippen molar-refractivity contribution in [3.63, 3.8) is 0 Å². The van der Waals surface area contributed by atoms with E-state index >= 15 is 0 Å². The SMILES string of the molecule is CCOC(=O)CSC(CCCCO)CCCc1cccnc1. The summed E-state index contributed by atoms with van der Waals surface area (Å²) < 4.78 is 4.98. The highest BCUT2D eigenvalue weighted by atomic mass is 32.2. The number of rotatable bonds is 12. The molecule has 0 spiro atoms. The smallest absolute Gasteiger partial charge is 0.315 e. The van der Waals surface area contributed by atoms with Crippen molar-refractivity contribution in [3.8, 4) is 0 Å². The van der Waals surface area contributed by atoms with Gasteiger partial charge in [-0.1, -0.05) is 12.5 Å². The number of ether oxygens (including phenoxy) is 1. The van der Waals surface area contributed by atoms with Gasteiger partial charge in [-0.05, 0) is 50.7 Å². The number of thioether (sulfide) groups is 1. The van der Waals surface area contributed by atoms with E-state index in [1.807, 2.05) is 19.2 Å². The van der Waals surface area contributed by atoms with Crippen molar-refractivity contribution in [2.24, 2.45) is 0 Å². The molecule has 0 fully saturated rings. The van der Waals surface area contributed by atoms with Crippen LogP contribution in [0.4, 0.5) is 0 Å². The number of hydrogen-bond acceptors (Lipinski definition) is 5. The maximum atomic E-state index is 11.5. The second-order valence-electron chi connectivity index (χ2n) is 5.21. The van der Waals surface area contributed by atoms with Crippen molar-refractivity contribution < 1.29 is 14.6 Å². The second kappa shape index (κ2) is 12.5. The molecule has 1 heterocycles. The summed E-state index contributed by atoms with van der Waals surface area (Å²) in [5.74, 6) is 0.289. The Balaban J connectivity index is 2.31. The molecule has 1 aromatic rings. The number of hydrogen-bond donors (Lipinski definition) is 1. The van der Waals surface area contributed by atoms with E-state index in [9.17, 15) is 4.79 Å². The molecular weight excluding hydrogens is 298 g/mol. The molecule has 0 amide bonds. The largest absolute Gasteiger partial charge is 0.465 e. The summed E-state index contributed by atoms with van der Waals surface area (Å²) in [6, 6.07) is 4.06. The molecule has 0 saturated carbocycles. The summed E-state index contributed by atoms with van der Waals surface area (Å²) in [5.41, 5.74) is 1.26. The molecule has 1 rings (SSSR count). The van der Waals surface area contributed by atoms with Crippen LogP contribution in [0.2, 0.25) is 0 Å². The van der Waals surface area contributed by atoms with E-state index in [1.54, 1.807) is 18.0 Å². The van der Waals surface area contributed by atoms with Gasteiger partial charge in [-0.15, -0.1) is 11.8 Å². The molecule has 124 valence electrons. The quantitative estimate of drug-likeness (QED) is 0.472. The fourth-order valence-electron chi connectivity index (χ4n) is 2.26. The normalized spacial score (nSPS) is 12.1. The molecule has 0 aromatic carbocycles. The summed E-state index contributed by atoms with van der Waals surface area (Å²) in [7, 11) is 0. The van der Waals surface area contributed by atoms with Gasteiger partial charge in [0.05, 0.1) is 12.4 Å². The van der Waals surface area contributed by atoms with Gasteiger partial charge in [-0.3, -0.25) is 9.78 Å². The summed E-state index contributed by atoms with van der Waals surface area (Å²) in [6.45, 7) is 2.51. The highest BCUT2D eigenvalue weighted by Gasteiger charge is 2.12. The Labute approximate surface area is 137 Å². The second-order valence-corrected chi connectivity index (χ2v) is 6.50. The van der Waals surface area contributed by atoms with E-state index in [4.69, 9.17) is 9.84 Å². The Hall–Kier alpha value is -1.07. The lowest BCUT2D eigenvalue weighted by Gasteiger charge is -2.16. The molecule has 1 N–H and O–H groups in total. The predicted octanol–water partition coefficient (Wildman–Crippen LogP) is 3.23. The molecule has 0 aliphatic heterocycles. The first-order chi connectivity index (χ1) is 10.8. The standard InChI is InChI=1S/C17H27NO3S/c1-2-21-17(20)14-22-16(9-3-4-12-19)10-5-7-15-8-6-11-18-13-15/h6,8,11,13,16,19H,2-5,7,9-10,12,14H2,1H3. The Morgan fingerprint density at radius 1 is 1.36 bits per heavy atom. The van der Waals surface area contributed by atoms with E-state index in [0.717, 1.165) is 38.5 Å². The van der Waals surface area contributed by atoms with Crippen molar-refractivity contribution >= 4 is 17.7 Å². The Bertz CT molecular complexity index is 400. The molecular formula is C17H27NO3S. The van der Waals surface area contributed by atoms with Gasteiger partial charge in [0.2, 0.25) is 0 Å². The van der Waals surface area contributed by atoms with Crippen LogP contribution in [0.25, 0.3) is 0 Å². The zero-order valence-electron chi connectivity index (χ0n) is 13.4. The number of aliphatic hydroxyl groups is 1. The molecule has 1 aromatic heterocycles. The molecule has 0 aliphatic carbocycles. The first-order valence-corrected chi connectivity index (χ1v) is 9.08. The number of esters is 1. The molecule has 0 radical (unpaired) electrons. The van der Waals surface area contributed by atoms with Gasteiger partial charge in [0.25, 0.3) is 0 Å². The van der Waals surface area contributed by atoms with Crippen molar-refractivity contribution in [2.75, 3.05) is 19.0 Å². The van der Waals surface area contributed by atoms with Gasteiger partial charge in [-0.25, -0.2) is 0 Å². The van der Waals surface area contributed by atoms with Crippen molar-refractivity contribution in [1.29, 1.82) is 0 Å². The predicted molar refractivity (Wildman–Crippen MR) is 91.0 cm³/mol. The molecule has 5 heteroatoms. The van der Waals surface area contributed by atoms with Crippen LogP contribution in [0.5, 0.6) is 0 Å². The van der Waals surface area contributed by atoms with Crippen molar-refractivity contribution in [1.82, 2.24) is 4.98 Å². The maximum Gasteiger partial charge on any atom is 0.315 e. The number of unbranched alkanes of at least 4 members (excludes halogenated alkanes) is 1. The fraction of sp³-hybridized carbons (Fsp3) is 0.647. The number of carbonyl (C=O) groups is 1. The molecule has 22 heavy (non-hydrogen) atoms. The fourth-order valence-corrected chi connectivity index (χ4v) is 3.39. The van der Waals surface area contributed by atoms with Gasteiger partial charge in [-0.2, -0.15) is 0 Å². The Morgan fingerprint density at radius 3 is 2.86 bits per heavy atom. The van der Waals surface area contributed by atoms with E-state index in [-0.39, 0.29) is 12.6 Å². The summed E-state index contributed by atoms with van der Waals surface area (Å²) >= 11 is 1.68. The Morgan fingerprint density at radius 2 is 2.18 bits per heavy atom. The molecule has 0 bridgehead atoms. The first-order valence-electron chi connectivity index (χ1n) is 8.03. The monoisotopic (exact) mass is 325 g/mol. The number of pyridine rings is 1. The van der Waals surface area contributed by atoms with Crippen molar-refractivity contribution in [2.45, 2.75) is 50.7 Å².